The van der Waals surface area contributed by atoms with Crippen LogP contribution in [0.5, 0.6) is 11.5 Å². The minimum Gasteiger partial charge on any atom is -0.496 e. The van der Waals surface area contributed by atoms with Crippen LogP contribution >= 0.6 is 11.3 Å². The van der Waals surface area contributed by atoms with Crippen molar-refractivity contribution in [1.82, 2.24) is 14.9 Å². The van der Waals surface area contributed by atoms with Crippen molar-refractivity contribution in [2.45, 2.75) is 64.9 Å². The highest BCUT2D eigenvalue weighted by Gasteiger charge is 2.44. The van der Waals surface area contributed by atoms with E-state index in [2.05, 4.69) is 25.8 Å². The molecule has 0 aliphatic heterocycles. The molecule has 4 rings (SSSR count). The van der Waals surface area contributed by atoms with Crippen molar-refractivity contribution in [3.8, 4) is 22.2 Å². The molecule has 3 aromatic rings. The molecular weight excluding hydrogens is 524 g/mol. The van der Waals surface area contributed by atoms with Crippen molar-refractivity contribution < 1.29 is 19.1 Å². The zero-order chi connectivity index (χ0) is 29.0. The van der Waals surface area contributed by atoms with Crippen molar-refractivity contribution in [1.29, 1.82) is 0 Å². The van der Waals surface area contributed by atoms with Crippen molar-refractivity contribution in [2.24, 2.45) is 17.6 Å². The lowest BCUT2D eigenvalue weighted by atomic mass is 9.94. The summed E-state index contributed by atoms with van der Waals surface area (Å²) in [5, 5.41) is 3.71. The number of aromatic nitrogens is 2. The number of ether oxygens (including phenoxy) is 2. The fourth-order valence-corrected chi connectivity index (χ4v) is 6.30. The molecule has 1 saturated carbocycles. The van der Waals surface area contributed by atoms with Crippen LogP contribution in [0.3, 0.4) is 0 Å². The third-order valence-electron chi connectivity index (χ3n) is 7.72. The molecule has 1 fully saturated rings. The second-order valence-corrected chi connectivity index (χ2v) is 11.8. The van der Waals surface area contributed by atoms with Crippen LogP contribution in [-0.2, 0) is 9.59 Å². The fraction of sp³-hybridized carbons (Fsp3) is 0.484. The van der Waals surface area contributed by atoms with E-state index in [-0.39, 0.29) is 12.0 Å². The van der Waals surface area contributed by atoms with E-state index in [0.29, 0.717) is 36.7 Å². The Bertz CT molecular complexity index is 1390. The number of nitrogens with two attached hydrogens (primary N) is 1. The van der Waals surface area contributed by atoms with Gasteiger partial charge in [0.25, 0.3) is 0 Å². The zero-order valence-corrected chi connectivity index (χ0v) is 24.9. The molecule has 1 aliphatic carbocycles. The highest BCUT2D eigenvalue weighted by atomic mass is 32.1. The number of pyridine rings is 1. The van der Waals surface area contributed by atoms with Gasteiger partial charge >= 0.3 is 0 Å². The van der Waals surface area contributed by atoms with Crippen LogP contribution < -0.4 is 15.2 Å². The molecule has 0 unspecified atom stereocenters. The predicted octanol–water partition coefficient (Wildman–Crippen LogP) is 5.87. The Kier molecular flexibility index (Phi) is 9.45. The lowest BCUT2D eigenvalue weighted by Gasteiger charge is -2.23. The number of nitrogens with zero attached hydrogens (tertiary/aromatic N) is 3. The van der Waals surface area contributed by atoms with Gasteiger partial charge in [0, 0.05) is 36.0 Å². The van der Waals surface area contributed by atoms with Gasteiger partial charge in [0.1, 0.15) is 28.3 Å². The average molecular weight is 565 g/mol. The molecule has 2 N–H and O–H groups in total. The largest absolute Gasteiger partial charge is 0.496 e. The van der Waals surface area contributed by atoms with Crippen LogP contribution in [0.1, 0.15) is 63.1 Å². The average Bonchev–Trinajstić information content (AvgIpc) is 3.59. The lowest BCUT2D eigenvalue weighted by molar-refractivity contribution is -0.139. The molecule has 1 aromatic carbocycles. The van der Waals surface area contributed by atoms with Crippen LogP contribution in [0.25, 0.3) is 21.6 Å². The Morgan fingerprint density at radius 1 is 1.20 bits per heavy atom. The van der Waals surface area contributed by atoms with E-state index >= 15 is 0 Å². The predicted molar refractivity (Wildman–Crippen MR) is 160 cm³/mol. The first-order valence-electron chi connectivity index (χ1n) is 13.9. The van der Waals surface area contributed by atoms with Crippen molar-refractivity contribution in [2.75, 3.05) is 20.7 Å². The Balaban J connectivity index is 1.64. The first-order chi connectivity index (χ1) is 19.1. The van der Waals surface area contributed by atoms with Gasteiger partial charge in [-0.25, -0.2) is 9.97 Å². The zero-order valence-electron chi connectivity index (χ0n) is 24.1. The normalized spacial score (nSPS) is 18.7. The molecule has 0 saturated heterocycles. The first-order valence-corrected chi connectivity index (χ1v) is 14.8. The van der Waals surface area contributed by atoms with Gasteiger partial charge in [0.2, 0.25) is 11.8 Å². The number of carbonyl (C=O) groups excluding carboxylic acids is 2. The molecule has 214 valence electrons. The number of unbranched alkanes of at least 4 members (excludes halogenated alkanes) is 2. The lowest BCUT2D eigenvalue weighted by Crippen LogP contribution is -2.39. The van der Waals surface area contributed by atoms with Crippen LogP contribution in [0.2, 0.25) is 0 Å². The van der Waals surface area contributed by atoms with E-state index in [1.165, 1.54) is 0 Å². The number of carbonyl (C=O) groups is 2. The summed E-state index contributed by atoms with van der Waals surface area (Å²) in [5.41, 5.74) is 9.18. The number of fused-ring (bicyclic) bond motifs is 1. The number of hydrogen-bond acceptors (Lipinski definition) is 7. The maximum atomic E-state index is 13.4. The van der Waals surface area contributed by atoms with Crippen LogP contribution in [-0.4, -0.2) is 53.5 Å². The molecule has 2 aromatic heterocycles. The molecule has 0 spiro atoms. The molecule has 3 atom stereocenters. The van der Waals surface area contributed by atoms with Crippen LogP contribution in [0.4, 0.5) is 0 Å². The van der Waals surface area contributed by atoms with E-state index in [4.69, 9.17) is 25.2 Å². The van der Waals surface area contributed by atoms with Gasteiger partial charge in [0.05, 0.1) is 30.2 Å². The summed E-state index contributed by atoms with van der Waals surface area (Å²) in [5.74, 6) is 0.0891. The summed E-state index contributed by atoms with van der Waals surface area (Å²) in [6.45, 7) is 10.6. The Labute approximate surface area is 240 Å². The monoisotopic (exact) mass is 564 g/mol. The number of primary amides is 1. The fourth-order valence-electron chi connectivity index (χ4n) is 5.36. The van der Waals surface area contributed by atoms with Gasteiger partial charge in [-0.1, -0.05) is 19.9 Å². The number of thiazole rings is 1. The highest BCUT2D eigenvalue weighted by Crippen LogP contribution is 2.40. The van der Waals surface area contributed by atoms with Crippen molar-refractivity contribution >= 4 is 34.1 Å². The number of allylic oxidation sites excluding steroid dienone is 1. The SMILES string of the molecule is C=CCCCCN(C)C(=O)[C@@H]1C[C@H](Oc2cc(-c3nc(C(C)C)cs3)nc3c(C)c(OC)ccc23)C[C@H]1C(N)=O. The smallest absolute Gasteiger partial charge is 0.226 e. The topological polar surface area (TPSA) is 108 Å². The Morgan fingerprint density at radius 3 is 2.60 bits per heavy atom. The van der Waals surface area contributed by atoms with Crippen molar-refractivity contribution in [3.63, 3.8) is 0 Å². The first kappa shape index (κ1) is 29.5. The summed E-state index contributed by atoms with van der Waals surface area (Å²) in [6, 6.07) is 5.76. The van der Waals surface area contributed by atoms with E-state index in [1.807, 2.05) is 31.2 Å². The third kappa shape index (κ3) is 6.30. The number of benzene rings is 1. The summed E-state index contributed by atoms with van der Waals surface area (Å²) in [4.78, 5) is 37.3. The molecule has 0 bridgehead atoms. The summed E-state index contributed by atoms with van der Waals surface area (Å²) >= 11 is 1.55. The van der Waals surface area contributed by atoms with Crippen molar-refractivity contribution in [3.05, 3.63) is 47.5 Å². The van der Waals surface area contributed by atoms with E-state index < -0.39 is 17.7 Å². The molecule has 40 heavy (non-hydrogen) atoms. The summed E-state index contributed by atoms with van der Waals surface area (Å²) in [6.07, 6.45) is 5.11. The maximum absolute atomic E-state index is 13.4. The number of amides is 2. The molecular formula is C31H40N4O4S. The number of aryl methyl sites for hydroxylation is 1. The number of rotatable bonds is 12. The summed E-state index contributed by atoms with van der Waals surface area (Å²) < 4.78 is 12.2. The second-order valence-electron chi connectivity index (χ2n) is 10.9. The number of methoxy groups -OCH3 is 1. The maximum Gasteiger partial charge on any atom is 0.226 e. The molecule has 1 aliphatic rings. The van der Waals surface area contributed by atoms with E-state index in [9.17, 15) is 9.59 Å². The van der Waals surface area contributed by atoms with Gasteiger partial charge in [-0.15, -0.1) is 17.9 Å². The molecule has 2 heterocycles. The quantitative estimate of drug-likeness (QED) is 0.218. The van der Waals surface area contributed by atoms with Crippen LogP contribution in [0.15, 0.2) is 36.2 Å². The Morgan fingerprint density at radius 2 is 1.95 bits per heavy atom. The highest BCUT2D eigenvalue weighted by molar-refractivity contribution is 7.13. The molecule has 0 radical (unpaired) electrons. The standard InChI is InChI=1S/C31H40N4O4S/c1-7-8-9-10-13-35(5)31(37)23-15-20(14-22(23)29(32)36)39-27-16-24(30-34-25(17-40-30)18(2)3)33-28-19(4)26(38-6)12-11-21(27)28/h7,11-12,16-18,20,22-23H,1,8-10,13-15H2,2-6H3,(H2,32,36)/t20-,22-,23-/m1/s1. The van der Waals surface area contributed by atoms with Crippen LogP contribution in [0, 0.1) is 18.8 Å². The molecule has 8 nitrogen and oxygen atoms in total. The van der Waals surface area contributed by atoms with E-state index in [1.54, 1.807) is 30.4 Å². The summed E-state index contributed by atoms with van der Waals surface area (Å²) in [7, 11) is 3.43. The van der Waals surface area contributed by atoms with Gasteiger partial charge in [-0.3, -0.25) is 9.59 Å². The molecule has 2 amide bonds. The van der Waals surface area contributed by atoms with Gasteiger partial charge < -0.3 is 20.1 Å². The minimum atomic E-state index is -0.574. The minimum absolute atomic E-state index is 0.0571. The number of hydrogen-bond donors (Lipinski definition) is 1. The molecule has 9 heteroatoms. The van der Waals surface area contributed by atoms with E-state index in [0.717, 1.165) is 52.2 Å². The van der Waals surface area contributed by atoms with Gasteiger partial charge in [-0.05, 0) is 57.1 Å². The third-order valence-corrected chi connectivity index (χ3v) is 8.61. The van der Waals surface area contributed by atoms with Gasteiger partial charge in [0.15, 0.2) is 0 Å². The van der Waals surface area contributed by atoms with Gasteiger partial charge in [-0.2, -0.15) is 0 Å². The second kappa shape index (κ2) is 12.8. The Hall–Kier alpha value is -3.46.